The van der Waals surface area contributed by atoms with Gasteiger partial charge in [0.1, 0.15) is 0 Å². The molecule has 1 saturated heterocycles. The van der Waals surface area contributed by atoms with Crippen molar-refractivity contribution in [1.29, 1.82) is 0 Å². The van der Waals surface area contributed by atoms with E-state index >= 15 is 0 Å². The van der Waals surface area contributed by atoms with E-state index in [4.69, 9.17) is 5.73 Å². The Hall–Kier alpha value is 0.270. The molecule has 2 nitrogen and oxygen atoms in total. The summed E-state index contributed by atoms with van der Waals surface area (Å²) in [6.07, 6.45) is 2.35. The second-order valence-corrected chi connectivity index (χ2v) is 6.05. The smallest absolute Gasteiger partial charge is 0.0252 e. The summed E-state index contributed by atoms with van der Waals surface area (Å²) >= 11 is 2.12. The van der Waals surface area contributed by atoms with Gasteiger partial charge in [-0.25, -0.2) is 0 Å². The van der Waals surface area contributed by atoms with Crippen LogP contribution in [-0.2, 0) is 0 Å². The second-order valence-electron chi connectivity index (χ2n) is 4.64. The maximum Gasteiger partial charge on any atom is 0.0252 e. The van der Waals surface area contributed by atoms with Gasteiger partial charge in [0.15, 0.2) is 0 Å². The molecule has 2 N–H and O–H groups in total. The lowest BCUT2D eigenvalue weighted by Crippen LogP contribution is -2.50. The van der Waals surface area contributed by atoms with Crippen molar-refractivity contribution < 1.29 is 0 Å². The van der Waals surface area contributed by atoms with Crippen molar-refractivity contribution in [2.75, 3.05) is 25.4 Å². The Bertz CT molecular complexity index is 171. The van der Waals surface area contributed by atoms with Gasteiger partial charge in [0.2, 0.25) is 0 Å². The lowest BCUT2D eigenvalue weighted by Gasteiger charge is -2.37. The third-order valence-electron chi connectivity index (χ3n) is 3.07. The van der Waals surface area contributed by atoms with Crippen molar-refractivity contribution in [3.05, 3.63) is 0 Å². The molecule has 0 aromatic rings. The van der Waals surface area contributed by atoms with Crippen LogP contribution in [0.15, 0.2) is 0 Å². The van der Waals surface area contributed by atoms with Crippen LogP contribution in [0.2, 0.25) is 0 Å². The first-order valence-electron chi connectivity index (χ1n) is 5.70. The molecule has 1 fully saturated rings. The number of thioether (sulfide) groups is 1. The molecule has 0 bridgehead atoms. The van der Waals surface area contributed by atoms with Gasteiger partial charge in [-0.1, -0.05) is 13.8 Å². The Morgan fingerprint density at radius 3 is 2.79 bits per heavy atom. The highest BCUT2D eigenvalue weighted by Crippen LogP contribution is 2.22. The van der Waals surface area contributed by atoms with Crippen LogP contribution in [0.4, 0.5) is 0 Å². The van der Waals surface area contributed by atoms with Crippen LogP contribution >= 0.6 is 11.8 Å². The first kappa shape index (κ1) is 12.3. The Morgan fingerprint density at radius 1 is 1.50 bits per heavy atom. The fourth-order valence-electron chi connectivity index (χ4n) is 1.79. The molecule has 0 aromatic carbocycles. The molecule has 0 saturated carbocycles. The molecule has 84 valence electrons. The van der Waals surface area contributed by atoms with Gasteiger partial charge in [0.05, 0.1) is 0 Å². The number of nitrogens with two attached hydrogens (primary N) is 1. The Kier molecular flexibility index (Phi) is 4.74. The summed E-state index contributed by atoms with van der Waals surface area (Å²) in [6, 6.07) is 0. The normalized spacial score (nSPS) is 28.7. The van der Waals surface area contributed by atoms with E-state index in [-0.39, 0.29) is 5.54 Å². The molecule has 1 rings (SSSR count). The molecule has 0 amide bonds. The molecule has 1 aliphatic rings. The van der Waals surface area contributed by atoms with E-state index in [1.54, 1.807) is 0 Å². The zero-order chi connectivity index (χ0) is 10.6. The minimum Gasteiger partial charge on any atom is -0.324 e. The number of hydrogen-bond acceptors (Lipinski definition) is 3. The van der Waals surface area contributed by atoms with E-state index in [9.17, 15) is 0 Å². The summed E-state index contributed by atoms with van der Waals surface area (Å²) in [5.74, 6) is 1.28. The van der Waals surface area contributed by atoms with Crippen LogP contribution in [0.1, 0.15) is 33.6 Å². The molecule has 0 aromatic heterocycles. The van der Waals surface area contributed by atoms with E-state index in [2.05, 4.69) is 37.4 Å². The second kappa shape index (κ2) is 5.38. The van der Waals surface area contributed by atoms with Gasteiger partial charge in [0, 0.05) is 36.2 Å². The van der Waals surface area contributed by atoms with Crippen LogP contribution < -0.4 is 5.73 Å². The molecule has 3 heteroatoms. The molecular weight excluding hydrogens is 192 g/mol. The number of rotatable bonds is 4. The minimum absolute atomic E-state index is 0.000296. The van der Waals surface area contributed by atoms with Gasteiger partial charge in [-0.15, -0.1) is 0 Å². The van der Waals surface area contributed by atoms with Crippen molar-refractivity contribution in [3.63, 3.8) is 0 Å². The lowest BCUT2D eigenvalue weighted by molar-refractivity contribution is 0.218. The Balaban J connectivity index is 2.37. The summed E-state index contributed by atoms with van der Waals surface area (Å²) in [4.78, 5) is 2.54. The monoisotopic (exact) mass is 216 g/mol. The zero-order valence-electron chi connectivity index (χ0n) is 9.75. The van der Waals surface area contributed by atoms with Crippen LogP contribution in [0.5, 0.6) is 0 Å². The average Bonchev–Trinajstić information content (AvgIpc) is 2.17. The molecule has 1 aliphatic heterocycles. The highest BCUT2D eigenvalue weighted by Gasteiger charge is 2.24. The molecule has 2 atom stereocenters. The molecule has 14 heavy (non-hydrogen) atoms. The van der Waals surface area contributed by atoms with Gasteiger partial charge < -0.3 is 5.73 Å². The Labute approximate surface area is 92.6 Å². The summed E-state index contributed by atoms with van der Waals surface area (Å²) in [6.45, 7) is 10.1. The van der Waals surface area contributed by atoms with Gasteiger partial charge >= 0.3 is 0 Å². The first-order chi connectivity index (χ1) is 6.57. The van der Waals surface area contributed by atoms with Crippen LogP contribution in [-0.4, -0.2) is 41.1 Å². The van der Waals surface area contributed by atoms with E-state index in [0.717, 1.165) is 18.2 Å². The summed E-state index contributed by atoms with van der Waals surface area (Å²) in [7, 11) is 0. The maximum absolute atomic E-state index is 6.19. The van der Waals surface area contributed by atoms with Crippen LogP contribution in [0, 0.1) is 0 Å². The molecule has 2 unspecified atom stereocenters. The van der Waals surface area contributed by atoms with Gasteiger partial charge in [-0.05, 0) is 19.8 Å². The summed E-state index contributed by atoms with van der Waals surface area (Å²) in [5.41, 5.74) is 6.19. The first-order valence-corrected chi connectivity index (χ1v) is 6.75. The SMILES string of the molecule is CCC1CN(CC(C)(N)CC)CCS1. The number of hydrogen-bond donors (Lipinski definition) is 1. The quantitative estimate of drug-likeness (QED) is 0.779. The van der Waals surface area contributed by atoms with Gasteiger partial charge in [-0.3, -0.25) is 4.90 Å². The standard InChI is InChI=1S/C11H24N2S/c1-4-10-8-13(6-7-14-10)9-11(3,12)5-2/h10H,4-9,12H2,1-3H3. The lowest BCUT2D eigenvalue weighted by atomic mass is 9.99. The van der Waals surface area contributed by atoms with Gasteiger partial charge in [-0.2, -0.15) is 11.8 Å². The summed E-state index contributed by atoms with van der Waals surface area (Å²) < 4.78 is 0. The third kappa shape index (κ3) is 3.79. The van der Waals surface area contributed by atoms with E-state index in [1.807, 2.05) is 0 Å². The van der Waals surface area contributed by atoms with Crippen LogP contribution in [0.3, 0.4) is 0 Å². The highest BCUT2D eigenvalue weighted by atomic mass is 32.2. The third-order valence-corrected chi connectivity index (χ3v) is 4.44. The Morgan fingerprint density at radius 2 is 2.21 bits per heavy atom. The number of nitrogens with zero attached hydrogens (tertiary/aromatic N) is 1. The van der Waals surface area contributed by atoms with Crippen molar-refractivity contribution in [2.24, 2.45) is 5.73 Å². The molecule has 0 radical (unpaired) electrons. The maximum atomic E-state index is 6.19. The van der Waals surface area contributed by atoms with Crippen molar-refractivity contribution in [1.82, 2.24) is 4.90 Å². The van der Waals surface area contributed by atoms with Crippen molar-refractivity contribution in [3.8, 4) is 0 Å². The summed E-state index contributed by atoms with van der Waals surface area (Å²) in [5, 5.41) is 0.830. The minimum atomic E-state index is 0.000296. The largest absolute Gasteiger partial charge is 0.324 e. The molecular formula is C11H24N2S. The van der Waals surface area contributed by atoms with E-state index in [0.29, 0.717) is 0 Å². The van der Waals surface area contributed by atoms with Gasteiger partial charge in [0.25, 0.3) is 0 Å². The zero-order valence-corrected chi connectivity index (χ0v) is 10.6. The predicted molar refractivity (Wildman–Crippen MR) is 65.9 cm³/mol. The topological polar surface area (TPSA) is 29.3 Å². The fourth-order valence-corrected chi connectivity index (χ4v) is 3.04. The molecule has 0 aliphatic carbocycles. The van der Waals surface area contributed by atoms with Crippen molar-refractivity contribution in [2.45, 2.75) is 44.4 Å². The molecule has 1 heterocycles. The van der Waals surface area contributed by atoms with E-state index < -0.39 is 0 Å². The predicted octanol–water partition coefficient (Wildman–Crippen LogP) is 1.94. The fraction of sp³-hybridized carbons (Fsp3) is 1.00. The average molecular weight is 216 g/mol. The van der Waals surface area contributed by atoms with E-state index in [1.165, 1.54) is 25.3 Å². The highest BCUT2D eigenvalue weighted by molar-refractivity contribution is 8.00. The van der Waals surface area contributed by atoms with Crippen molar-refractivity contribution >= 4 is 11.8 Å². The van der Waals surface area contributed by atoms with Crippen LogP contribution in [0.25, 0.3) is 0 Å². The molecule has 0 spiro atoms.